The van der Waals surface area contributed by atoms with Crippen molar-refractivity contribution < 1.29 is 4.79 Å². The maximum Gasteiger partial charge on any atom is 0.257 e. The van der Waals surface area contributed by atoms with Gasteiger partial charge in [0.15, 0.2) is 0 Å². The van der Waals surface area contributed by atoms with Crippen LogP contribution in [0.3, 0.4) is 0 Å². The van der Waals surface area contributed by atoms with Crippen molar-refractivity contribution >= 4 is 11.9 Å². The van der Waals surface area contributed by atoms with E-state index in [-0.39, 0.29) is 5.91 Å². The third-order valence-electron chi connectivity index (χ3n) is 4.11. The predicted molar refractivity (Wildman–Crippen MR) is 91.7 cm³/mol. The van der Waals surface area contributed by atoms with Crippen LogP contribution in [0.15, 0.2) is 30.6 Å². The molecule has 0 saturated heterocycles. The summed E-state index contributed by atoms with van der Waals surface area (Å²) < 4.78 is 1.98. The summed E-state index contributed by atoms with van der Waals surface area (Å²) in [5, 5.41) is 6.32. The molecule has 0 spiro atoms. The molecule has 3 rings (SSSR count). The summed E-state index contributed by atoms with van der Waals surface area (Å²) >= 11 is 0. The van der Waals surface area contributed by atoms with Gasteiger partial charge in [-0.1, -0.05) is 19.9 Å². The number of nitrogens with zero attached hydrogens (tertiary/aromatic N) is 2. The summed E-state index contributed by atoms with van der Waals surface area (Å²) in [6.07, 6.45) is 5.62. The number of hydrogen-bond donors (Lipinski definition) is 2. The number of nitrogens with one attached hydrogen (secondary N) is 2. The molecular formula is C18H24N4O. The molecule has 0 fully saturated rings. The lowest BCUT2D eigenvalue weighted by molar-refractivity contribution is 0.102. The van der Waals surface area contributed by atoms with Gasteiger partial charge in [0, 0.05) is 24.5 Å². The van der Waals surface area contributed by atoms with E-state index in [4.69, 9.17) is 0 Å². The van der Waals surface area contributed by atoms with E-state index in [1.165, 1.54) is 11.1 Å². The molecule has 1 aliphatic rings. The highest BCUT2D eigenvalue weighted by Gasteiger charge is 2.14. The van der Waals surface area contributed by atoms with Crippen molar-refractivity contribution in [3.63, 3.8) is 0 Å². The number of imidazole rings is 1. The first-order valence-electron chi connectivity index (χ1n) is 8.28. The van der Waals surface area contributed by atoms with Gasteiger partial charge in [-0.15, -0.1) is 0 Å². The first kappa shape index (κ1) is 15.7. The highest BCUT2D eigenvalue weighted by atomic mass is 16.1. The van der Waals surface area contributed by atoms with Crippen LogP contribution in [0.2, 0.25) is 0 Å². The molecule has 2 heterocycles. The van der Waals surface area contributed by atoms with Crippen LogP contribution in [0.1, 0.15) is 35.3 Å². The van der Waals surface area contributed by atoms with Gasteiger partial charge in [0.1, 0.15) is 0 Å². The van der Waals surface area contributed by atoms with E-state index in [0.29, 0.717) is 17.4 Å². The minimum atomic E-state index is -0.0961. The van der Waals surface area contributed by atoms with E-state index in [2.05, 4.69) is 35.5 Å². The third-order valence-corrected chi connectivity index (χ3v) is 4.11. The topological polar surface area (TPSA) is 59.0 Å². The Labute approximate surface area is 137 Å². The minimum absolute atomic E-state index is 0.0961. The molecule has 5 heteroatoms. The van der Waals surface area contributed by atoms with Gasteiger partial charge < -0.3 is 9.88 Å². The van der Waals surface area contributed by atoms with Crippen LogP contribution < -0.4 is 10.6 Å². The van der Waals surface area contributed by atoms with Crippen LogP contribution in [-0.2, 0) is 19.4 Å². The lowest BCUT2D eigenvalue weighted by atomic mass is 10.00. The number of fused-ring (bicyclic) bond motifs is 1. The number of carbonyl (C=O) groups excluding carboxylic acids is 1. The second-order valence-electron chi connectivity index (χ2n) is 6.48. The normalized spacial score (nSPS) is 14.4. The molecule has 0 saturated carbocycles. The molecule has 122 valence electrons. The van der Waals surface area contributed by atoms with Gasteiger partial charge in [-0.05, 0) is 55.1 Å². The quantitative estimate of drug-likeness (QED) is 0.912. The summed E-state index contributed by atoms with van der Waals surface area (Å²) in [6.45, 7) is 7.10. The van der Waals surface area contributed by atoms with Gasteiger partial charge in [0.2, 0.25) is 5.95 Å². The number of benzene rings is 1. The fourth-order valence-electron chi connectivity index (χ4n) is 2.96. The zero-order valence-corrected chi connectivity index (χ0v) is 13.8. The monoisotopic (exact) mass is 312 g/mol. The minimum Gasteiger partial charge on any atom is -0.317 e. The molecule has 0 aliphatic carbocycles. The largest absolute Gasteiger partial charge is 0.317 e. The second-order valence-corrected chi connectivity index (χ2v) is 6.48. The SMILES string of the molecule is CC(C)Cn1ccnc1NC(=O)c1ccc2c(c1)CCNCC2. The fraction of sp³-hybridized carbons (Fsp3) is 0.444. The van der Waals surface area contributed by atoms with Gasteiger partial charge in [-0.25, -0.2) is 4.98 Å². The molecule has 2 aromatic rings. The lowest BCUT2D eigenvalue weighted by Gasteiger charge is -2.12. The van der Waals surface area contributed by atoms with Crippen molar-refractivity contribution in [3.8, 4) is 0 Å². The summed E-state index contributed by atoms with van der Waals surface area (Å²) in [5.41, 5.74) is 3.31. The molecular weight excluding hydrogens is 288 g/mol. The highest BCUT2D eigenvalue weighted by Crippen LogP contribution is 2.17. The van der Waals surface area contributed by atoms with Crippen molar-refractivity contribution in [1.82, 2.24) is 14.9 Å². The highest BCUT2D eigenvalue weighted by molar-refractivity contribution is 6.03. The molecule has 23 heavy (non-hydrogen) atoms. The first-order valence-corrected chi connectivity index (χ1v) is 8.28. The zero-order chi connectivity index (χ0) is 16.2. The molecule has 5 nitrogen and oxygen atoms in total. The average molecular weight is 312 g/mol. The van der Waals surface area contributed by atoms with Gasteiger partial charge in [0.05, 0.1) is 0 Å². The fourth-order valence-corrected chi connectivity index (χ4v) is 2.96. The maximum atomic E-state index is 12.5. The maximum absolute atomic E-state index is 12.5. The Morgan fingerprint density at radius 3 is 2.87 bits per heavy atom. The van der Waals surface area contributed by atoms with Crippen molar-refractivity contribution in [1.29, 1.82) is 0 Å². The van der Waals surface area contributed by atoms with Crippen LogP contribution in [0.4, 0.5) is 5.95 Å². The van der Waals surface area contributed by atoms with Gasteiger partial charge >= 0.3 is 0 Å². The van der Waals surface area contributed by atoms with Crippen molar-refractivity contribution in [2.45, 2.75) is 33.2 Å². The van der Waals surface area contributed by atoms with E-state index in [9.17, 15) is 4.79 Å². The van der Waals surface area contributed by atoms with Crippen LogP contribution in [0.25, 0.3) is 0 Å². The standard InChI is InChI=1S/C18H24N4O/c1-13(2)12-22-10-9-20-18(22)21-17(23)16-4-3-14-5-7-19-8-6-15(14)11-16/h3-4,9-11,13,19H,5-8,12H2,1-2H3,(H,20,21,23). The van der Waals surface area contributed by atoms with Crippen molar-refractivity contribution in [2.24, 2.45) is 5.92 Å². The summed E-state index contributed by atoms with van der Waals surface area (Å²) in [5.74, 6) is 1.02. The molecule has 2 N–H and O–H groups in total. The molecule has 1 aromatic heterocycles. The van der Waals surface area contributed by atoms with Crippen LogP contribution >= 0.6 is 0 Å². The predicted octanol–water partition coefficient (Wildman–Crippen LogP) is 2.48. The van der Waals surface area contributed by atoms with Gasteiger partial charge in [0.25, 0.3) is 5.91 Å². The Bertz CT molecular complexity index is 690. The molecule has 1 aromatic carbocycles. The van der Waals surface area contributed by atoms with Crippen LogP contribution in [0, 0.1) is 5.92 Å². The summed E-state index contributed by atoms with van der Waals surface area (Å²) in [7, 11) is 0. The van der Waals surface area contributed by atoms with Crippen molar-refractivity contribution in [2.75, 3.05) is 18.4 Å². The lowest BCUT2D eigenvalue weighted by Crippen LogP contribution is -2.17. The van der Waals surface area contributed by atoms with E-state index >= 15 is 0 Å². The molecule has 0 atom stereocenters. The third kappa shape index (κ3) is 3.79. The zero-order valence-electron chi connectivity index (χ0n) is 13.8. The van der Waals surface area contributed by atoms with E-state index in [1.54, 1.807) is 6.20 Å². The molecule has 0 radical (unpaired) electrons. The number of anilines is 1. The molecule has 0 unspecified atom stereocenters. The average Bonchev–Trinajstić information content (AvgIpc) is 2.81. The van der Waals surface area contributed by atoms with Crippen molar-refractivity contribution in [3.05, 3.63) is 47.3 Å². The van der Waals surface area contributed by atoms with Crippen LogP contribution in [0.5, 0.6) is 0 Å². The Balaban J connectivity index is 1.76. The Morgan fingerprint density at radius 1 is 1.30 bits per heavy atom. The number of rotatable bonds is 4. The second kappa shape index (κ2) is 6.96. The van der Waals surface area contributed by atoms with E-state index in [0.717, 1.165) is 32.5 Å². The Morgan fingerprint density at radius 2 is 2.09 bits per heavy atom. The first-order chi connectivity index (χ1) is 11.1. The molecule has 0 bridgehead atoms. The smallest absolute Gasteiger partial charge is 0.257 e. The van der Waals surface area contributed by atoms with E-state index in [1.807, 2.05) is 22.9 Å². The van der Waals surface area contributed by atoms with Gasteiger partial charge in [-0.2, -0.15) is 0 Å². The molecule has 1 amide bonds. The summed E-state index contributed by atoms with van der Waals surface area (Å²) in [6, 6.07) is 6.01. The number of aromatic nitrogens is 2. The number of amides is 1. The number of carbonyl (C=O) groups is 1. The summed E-state index contributed by atoms with van der Waals surface area (Å²) in [4.78, 5) is 16.8. The van der Waals surface area contributed by atoms with Gasteiger partial charge in [-0.3, -0.25) is 10.1 Å². The Hall–Kier alpha value is -2.14. The molecule has 1 aliphatic heterocycles. The van der Waals surface area contributed by atoms with E-state index < -0.39 is 0 Å². The number of hydrogen-bond acceptors (Lipinski definition) is 3. The Kier molecular flexibility index (Phi) is 4.76. The van der Waals surface area contributed by atoms with Crippen LogP contribution in [-0.4, -0.2) is 28.5 Å².